The highest BCUT2D eigenvalue weighted by Gasteiger charge is 2.21. The molecule has 1 rings (SSSR count). The molecule has 0 fully saturated rings. The molecule has 0 saturated heterocycles. The van der Waals surface area contributed by atoms with E-state index in [-0.39, 0.29) is 12.5 Å². The maximum Gasteiger partial charge on any atom is 0.319 e. The number of carboxylic acids is 1. The molecule has 0 aliphatic rings. The molecule has 1 atom stereocenters. The number of anilines is 1. The van der Waals surface area contributed by atoms with Gasteiger partial charge in [0.15, 0.2) is 0 Å². The van der Waals surface area contributed by atoms with Crippen LogP contribution in [0.2, 0.25) is 0 Å². The Labute approximate surface area is 112 Å². The van der Waals surface area contributed by atoms with E-state index in [1.165, 1.54) is 6.20 Å². The maximum absolute atomic E-state index is 11.6. The zero-order valence-corrected chi connectivity index (χ0v) is 11.3. The van der Waals surface area contributed by atoms with Gasteiger partial charge in [0.05, 0.1) is 17.8 Å². The van der Waals surface area contributed by atoms with Crippen LogP contribution in [-0.2, 0) is 4.79 Å². The molecule has 0 saturated carbocycles. The summed E-state index contributed by atoms with van der Waals surface area (Å²) in [5, 5.41) is 14.2. The van der Waals surface area contributed by atoms with Gasteiger partial charge in [-0.25, -0.2) is 4.79 Å². The fraction of sp³-hybridized carbons (Fsp3) is 0.462. The fourth-order valence-corrected chi connectivity index (χ4v) is 1.61. The Kier molecular flexibility index (Phi) is 5.29. The summed E-state index contributed by atoms with van der Waals surface area (Å²) in [5.41, 5.74) is 1.51. The minimum Gasteiger partial charge on any atom is -0.481 e. The normalized spacial score (nSPS) is 12.0. The third kappa shape index (κ3) is 4.95. The van der Waals surface area contributed by atoms with Crippen molar-refractivity contribution in [1.82, 2.24) is 10.3 Å². The van der Waals surface area contributed by atoms with Gasteiger partial charge in [0.25, 0.3) is 0 Å². The SMILES string of the molecule is Cc1cncc(NC(=O)NCC(C(=O)O)C(C)C)c1. The third-order valence-electron chi connectivity index (χ3n) is 2.74. The summed E-state index contributed by atoms with van der Waals surface area (Å²) in [7, 11) is 0. The molecule has 3 N–H and O–H groups in total. The molecule has 104 valence electrons. The summed E-state index contributed by atoms with van der Waals surface area (Å²) in [4.78, 5) is 26.6. The first-order valence-electron chi connectivity index (χ1n) is 6.09. The van der Waals surface area contributed by atoms with Crippen LogP contribution in [0.15, 0.2) is 18.5 Å². The van der Waals surface area contributed by atoms with Crippen LogP contribution in [-0.4, -0.2) is 28.6 Å². The van der Waals surface area contributed by atoms with Crippen molar-refractivity contribution >= 4 is 17.7 Å². The molecule has 1 aromatic heterocycles. The first kappa shape index (κ1) is 14.9. The quantitative estimate of drug-likeness (QED) is 0.758. The van der Waals surface area contributed by atoms with E-state index in [0.717, 1.165) is 5.56 Å². The number of carbonyl (C=O) groups excluding carboxylic acids is 1. The first-order chi connectivity index (χ1) is 8.90. The predicted molar refractivity (Wildman–Crippen MR) is 72.0 cm³/mol. The second-order valence-electron chi connectivity index (χ2n) is 4.77. The van der Waals surface area contributed by atoms with Gasteiger partial charge in [-0.3, -0.25) is 9.78 Å². The zero-order chi connectivity index (χ0) is 14.4. The number of aryl methyl sites for hydroxylation is 1. The van der Waals surface area contributed by atoms with Gasteiger partial charge >= 0.3 is 12.0 Å². The second kappa shape index (κ2) is 6.72. The van der Waals surface area contributed by atoms with E-state index < -0.39 is 17.9 Å². The standard InChI is InChI=1S/C13H19N3O3/c1-8(2)11(12(17)18)7-15-13(19)16-10-4-9(3)5-14-6-10/h4-6,8,11H,7H2,1-3H3,(H,17,18)(H2,15,16,19). The van der Waals surface area contributed by atoms with Crippen molar-refractivity contribution in [1.29, 1.82) is 0 Å². The molecule has 1 unspecified atom stereocenters. The fourth-order valence-electron chi connectivity index (χ4n) is 1.61. The van der Waals surface area contributed by atoms with E-state index in [9.17, 15) is 9.59 Å². The summed E-state index contributed by atoms with van der Waals surface area (Å²) < 4.78 is 0. The molecule has 6 nitrogen and oxygen atoms in total. The molecular formula is C13H19N3O3. The Morgan fingerprint density at radius 1 is 1.37 bits per heavy atom. The van der Waals surface area contributed by atoms with Gasteiger partial charge < -0.3 is 15.7 Å². The van der Waals surface area contributed by atoms with Crippen molar-refractivity contribution in [2.45, 2.75) is 20.8 Å². The Morgan fingerprint density at radius 2 is 2.05 bits per heavy atom. The molecule has 6 heteroatoms. The lowest BCUT2D eigenvalue weighted by atomic mass is 9.96. The monoisotopic (exact) mass is 265 g/mol. The molecule has 0 aliphatic carbocycles. The third-order valence-corrected chi connectivity index (χ3v) is 2.74. The van der Waals surface area contributed by atoms with Gasteiger partial charge in [-0.15, -0.1) is 0 Å². The number of rotatable bonds is 5. The van der Waals surface area contributed by atoms with Crippen molar-refractivity contribution in [3.63, 3.8) is 0 Å². The molecule has 19 heavy (non-hydrogen) atoms. The number of aromatic nitrogens is 1. The number of carbonyl (C=O) groups is 2. The number of hydrogen-bond donors (Lipinski definition) is 3. The van der Waals surface area contributed by atoms with Gasteiger partial charge in [-0.2, -0.15) is 0 Å². The molecule has 0 spiro atoms. The number of nitrogens with zero attached hydrogens (tertiary/aromatic N) is 1. The van der Waals surface area contributed by atoms with E-state index >= 15 is 0 Å². The zero-order valence-electron chi connectivity index (χ0n) is 11.3. The summed E-state index contributed by atoms with van der Waals surface area (Å²) >= 11 is 0. The predicted octanol–water partition coefficient (Wildman–Crippen LogP) is 1.87. The summed E-state index contributed by atoms with van der Waals surface area (Å²) in [5.74, 6) is -1.55. The van der Waals surface area contributed by atoms with E-state index in [1.807, 2.05) is 20.8 Å². The highest BCUT2D eigenvalue weighted by molar-refractivity contribution is 5.89. The van der Waals surface area contributed by atoms with Gasteiger partial charge in [0.1, 0.15) is 0 Å². The van der Waals surface area contributed by atoms with Crippen molar-refractivity contribution in [3.8, 4) is 0 Å². The number of pyridine rings is 1. The molecule has 1 aromatic rings. The molecular weight excluding hydrogens is 246 g/mol. The smallest absolute Gasteiger partial charge is 0.319 e. The lowest BCUT2D eigenvalue weighted by Gasteiger charge is -2.17. The molecule has 0 aliphatic heterocycles. The molecule has 1 heterocycles. The number of carboxylic acid groups (broad SMARTS) is 1. The van der Waals surface area contributed by atoms with Crippen LogP contribution in [0, 0.1) is 18.8 Å². The van der Waals surface area contributed by atoms with Crippen LogP contribution >= 0.6 is 0 Å². The number of amides is 2. The van der Waals surface area contributed by atoms with Crippen LogP contribution in [0.1, 0.15) is 19.4 Å². The van der Waals surface area contributed by atoms with Crippen molar-refractivity contribution in [3.05, 3.63) is 24.0 Å². The number of hydrogen-bond acceptors (Lipinski definition) is 3. The minimum absolute atomic E-state index is 0.0431. The van der Waals surface area contributed by atoms with E-state index in [2.05, 4.69) is 15.6 Å². The number of nitrogens with one attached hydrogen (secondary N) is 2. The van der Waals surface area contributed by atoms with Crippen LogP contribution in [0.5, 0.6) is 0 Å². The lowest BCUT2D eigenvalue weighted by Crippen LogP contribution is -2.37. The Balaban J connectivity index is 2.50. The van der Waals surface area contributed by atoms with Crippen molar-refractivity contribution < 1.29 is 14.7 Å². The van der Waals surface area contributed by atoms with Gasteiger partial charge in [-0.1, -0.05) is 13.8 Å². The number of urea groups is 1. The lowest BCUT2D eigenvalue weighted by molar-refractivity contribution is -0.142. The van der Waals surface area contributed by atoms with Crippen LogP contribution < -0.4 is 10.6 Å². The van der Waals surface area contributed by atoms with E-state index in [4.69, 9.17) is 5.11 Å². The van der Waals surface area contributed by atoms with Crippen molar-refractivity contribution in [2.24, 2.45) is 11.8 Å². The Bertz CT molecular complexity index is 460. The van der Waals surface area contributed by atoms with Crippen LogP contribution in [0.25, 0.3) is 0 Å². The average Bonchev–Trinajstić information content (AvgIpc) is 2.27. The maximum atomic E-state index is 11.6. The van der Waals surface area contributed by atoms with Gasteiger partial charge in [-0.05, 0) is 24.5 Å². The largest absolute Gasteiger partial charge is 0.481 e. The highest BCUT2D eigenvalue weighted by Crippen LogP contribution is 2.10. The Hall–Kier alpha value is -2.11. The van der Waals surface area contributed by atoms with Crippen molar-refractivity contribution in [2.75, 3.05) is 11.9 Å². The average molecular weight is 265 g/mol. The van der Waals surface area contributed by atoms with Gasteiger partial charge in [0, 0.05) is 12.7 Å². The molecule has 0 aromatic carbocycles. The summed E-state index contributed by atoms with van der Waals surface area (Å²) in [6.07, 6.45) is 3.21. The highest BCUT2D eigenvalue weighted by atomic mass is 16.4. The first-order valence-corrected chi connectivity index (χ1v) is 6.09. The second-order valence-corrected chi connectivity index (χ2v) is 4.77. The molecule has 2 amide bonds. The molecule has 0 radical (unpaired) electrons. The summed E-state index contributed by atoms with van der Waals surface area (Å²) in [6.45, 7) is 5.58. The van der Waals surface area contributed by atoms with Crippen LogP contribution in [0.3, 0.4) is 0 Å². The van der Waals surface area contributed by atoms with E-state index in [0.29, 0.717) is 5.69 Å². The van der Waals surface area contributed by atoms with E-state index in [1.54, 1.807) is 12.3 Å². The molecule has 0 bridgehead atoms. The number of aliphatic carboxylic acids is 1. The minimum atomic E-state index is -0.910. The summed E-state index contributed by atoms with van der Waals surface area (Å²) in [6, 6.07) is 1.35. The van der Waals surface area contributed by atoms with Gasteiger partial charge in [0.2, 0.25) is 0 Å². The van der Waals surface area contributed by atoms with Crippen LogP contribution in [0.4, 0.5) is 10.5 Å². The topological polar surface area (TPSA) is 91.3 Å². The Morgan fingerprint density at radius 3 is 2.58 bits per heavy atom.